The maximum atomic E-state index is 12.9. The van der Waals surface area contributed by atoms with Gasteiger partial charge < -0.3 is 15.0 Å². The molecule has 0 radical (unpaired) electrons. The number of hydrogen-bond acceptors (Lipinski definition) is 5. The van der Waals surface area contributed by atoms with Crippen LogP contribution in [0.5, 0.6) is 5.75 Å². The number of nitrogens with one attached hydrogen (secondary N) is 1. The Labute approximate surface area is 233 Å². The van der Waals surface area contributed by atoms with Gasteiger partial charge in [-0.1, -0.05) is 76.0 Å². The molecular weight excluding hydrogens is 517 g/mol. The largest absolute Gasteiger partial charge is 0.489 e. The highest BCUT2D eigenvalue weighted by Gasteiger charge is 2.30. The van der Waals surface area contributed by atoms with Crippen molar-refractivity contribution < 1.29 is 22.4 Å². The molecule has 0 amide bonds. The first kappa shape index (κ1) is 30.7. The molecule has 0 spiro atoms. The minimum absolute atomic E-state index is 0.0510. The number of halogens is 3. The lowest BCUT2D eigenvalue weighted by molar-refractivity contribution is -0.137. The van der Waals surface area contributed by atoms with Gasteiger partial charge in [0.1, 0.15) is 12.4 Å². The van der Waals surface area contributed by atoms with Gasteiger partial charge in [-0.3, -0.25) is 5.41 Å². The van der Waals surface area contributed by atoms with E-state index in [2.05, 4.69) is 24.0 Å². The summed E-state index contributed by atoms with van der Waals surface area (Å²) in [5, 5.41) is 12.9. The molecule has 0 aliphatic heterocycles. The number of nitrogens with two attached hydrogens (primary N) is 1. The molecule has 3 N–H and O–H groups in total. The smallest absolute Gasteiger partial charge is 0.416 e. The minimum atomic E-state index is -4.37. The first-order valence-corrected chi connectivity index (χ1v) is 13.5. The van der Waals surface area contributed by atoms with Crippen molar-refractivity contribution in [3.8, 4) is 17.1 Å². The van der Waals surface area contributed by atoms with Crippen molar-refractivity contribution in [2.45, 2.75) is 72.1 Å². The topological polar surface area (TPSA) is 98.0 Å². The molecule has 214 valence electrons. The number of alkyl halides is 3. The van der Waals surface area contributed by atoms with E-state index in [1.165, 1.54) is 6.07 Å². The number of fused-ring (bicyclic) bond motifs is 1. The summed E-state index contributed by atoms with van der Waals surface area (Å²) < 4.78 is 49.9. The number of rotatable bonds is 10. The van der Waals surface area contributed by atoms with Gasteiger partial charge >= 0.3 is 6.18 Å². The Bertz CT molecular complexity index is 1400. The Morgan fingerprint density at radius 1 is 1.02 bits per heavy atom. The third-order valence-electron chi connectivity index (χ3n) is 6.73. The van der Waals surface area contributed by atoms with E-state index >= 15 is 0 Å². The zero-order valence-corrected chi connectivity index (χ0v) is 23.4. The second kappa shape index (κ2) is 14.0. The van der Waals surface area contributed by atoms with E-state index in [-0.39, 0.29) is 18.4 Å². The average Bonchev–Trinajstić information content (AvgIpc) is 3.44. The Balaban J connectivity index is 0.000000559. The van der Waals surface area contributed by atoms with Crippen LogP contribution in [0.25, 0.3) is 22.2 Å². The summed E-state index contributed by atoms with van der Waals surface area (Å²) in [5.74, 6) is 2.57. The molecule has 0 bridgehead atoms. The molecule has 2 unspecified atom stereocenters. The van der Waals surface area contributed by atoms with Gasteiger partial charge in [0, 0.05) is 17.4 Å². The highest BCUT2D eigenvalue weighted by atomic mass is 19.4. The number of nitrogens with zero attached hydrogens (tertiary/aromatic N) is 2. The molecule has 0 fully saturated rings. The summed E-state index contributed by atoms with van der Waals surface area (Å²) in [6.45, 7) is 8.26. The third-order valence-corrected chi connectivity index (χ3v) is 6.73. The molecule has 0 saturated heterocycles. The maximum absolute atomic E-state index is 12.9. The number of benzene rings is 3. The zero-order chi connectivity index (χ0) is 29.3. The average molecular weight is 555 g/mol. The van der Waals surface area contributed by atoms with Gasteiger partial charge in [-0.2, -0.15) is 18.2 Å². The van der Waals surface area contributed by atoms with E-state index < -0.39 is 11.7 Å². The minimum Gasteiger partial charge on any atom is -0.489 e. The van der Waals surface area contributed by atoms with Crippen molar-refractivity contribution in [1.82, 2.24) is 10.1 Å². The van der Waals surface area contributed by atoms with Crippen LogP contribution in [0.15, 0.2) is 65.2 Å². The summed E-state index contributed by atoms with van der Waals surface area (Å²) >= 11 is 0. The molecule has 1 heterocycles. The van der Waals surface area contributed by atoms with Gasteiger partial charge in [0.15, 0.2) is 0 Å². The van der Waals surface area contributed by atoms with Gasteiger partial charge in [-0.25, -0.2) is 0 Å². The van der Waals surface area contributed by atoms with Crippen molar-refractivity contribution in [2.75, 3.05) is 0 Å². The standard InChI is InChI=1S/C26H25F3N2O2.C5H12N2/c1-3-4-6-17(2)25-30-24(31-33-25)21-10-9-20-15-23(12-11-19(20)14-21)32-16-18-7-5-8-22(13-18)26(27,28)29;1-3-4(2)5(6)7/h5,7-15,17H,3-4,6,16H2,1-2H3;4H,3H2,1-2H3,(H3,6,7). The predicted octanol–water partition coefficient (Wildman–Crippen LogP) is 8.75. The fraction of sp³-hybridized carbons (Fsp3) is 0.387. The molecule has 2 atom stereocenters. The van der Waals surface area contributed by atoms with Crippen LogP contribution < -0.4 is 10.5 Å². The molecule has 0 saturated carbocycles. The van der Waals surface area contributed by atoms with Crippen LogP contribution in [0.2, 0.25) is 0 Å². The Hall–Kier alpha value is -3.88. The maximum Gasteiger partial charge on any atom is 0.416 e. The highest BCUT2D eigenvalue weighted by molar-refractivity contribution is 5.87. The fourth-order valence-electron chi connectivity index (χ4n) is 3.86. The van der Waals surface area contributed by atoms with Crippen LogP contribution in [-0.2, 0) is 12.8 Å². The van der Waals surface area contributed by atoms with Crippen LogP contribution in [0.4, 0.5) is 13.2 Å². The van der Waals surface area contributed by atoms with E-state index in [1.54, 1.807) is 12.1 Å². The van der Waals surface area contributed by atoms with Crippen LogP contribution >= 0.6 is 0 Å². The number of unbranched alkanes of at least 4 members (excludes halogenated alkanes) is 1. The van der Waals surface area contributed by atoms with Crippen molar-refractivity contribution in [3.63, 3.8) is 0 Å². The van der Waals surface area contributed by atoms with E-state index in [0.29, 0.717) is 28.9 Å². The van der Waals surface area contributed by atoms with Crippen molar-refractivity contribution in [2.24, 2.45) is 11.7 Å². The predicted molar refractivity (Wildman–Crippen MR) is 152 cm³/mol. The number of amidine groups is 1. The zero-order valence-electron chi connectivity index (χ0n) is 23.4. The SMILES string of the molecule is CCC(C)C(=N)N.CCCCC(C)c1nc(-c2ccc3cc(OCc4cccc(C(F)(F)F)c4)ccc3c2)no1. The lowest BCUT2D eigenvalue weighted by Gasteiger charge is -2.11. The molecule has 0 aliphatic carbocycles. The molecule has 1 aromatic heterocycles. The van der Waals surface area contributed by atoms with Crippen molar-refractivity contribution >= 4 is 16.6 Å². The molecule has 40 heavy (non-hydrogen) atoms. The summed E-state index contributed by atoms with van der Waals surface area (Å²) in [4.78, 5) is 4.56. The highest BCUT2D eigenvalue weighted by Crippen LogP contribution is 2.31. The lowest BCUT2D eigenvalue weighted by Crippen LogP contribution is -2.18. The monoisotopic (exact) mass is 554 g/mol. The Morgan fingerprint density at radius 3 is 2.40 bits per heavy atom. The van der Waals surface area contributed by atoms with Gasteiger partial charge in [-0.05, 0) is 59.5 Å². The quantitative estimate of drug-likeness (QED) is 0.151. The molecule has 3 aromatic carbocycles. The molecular formula is C31H37F3N4O2. The Kier molecular flexibility index (Phi) is 10.7. The van der Waals surface area contributed by atoms with Crippen LogP contribution in [-0.4, -0.2) is 16.0 Å². The summed E-state index contributed by atoms with van der Waals surface area (Å²) in [6, 6.07) is 16.6. The summed E-state index contributed by atoms with van der Waals surface area (Å²) in [7, 11) is 0. The van der Waals surface area contributed by atoms with Crippen molar-refractivity contribution in [1.29, 1.82) is 5.41 Å². The third kappa shape index (κ3) is 8.56. The van der Waals surface area contributed by atoms with E-state index in [9.17, 15) is 13.2 Å². The van der Waals surface area contributed by atoms with Gasteiger partial charge in [-0.15, -0.1) is 0 Å². The van der Waals surface area contributed by atoms with Crippen LogP contribution in [0.1, 0.15) is 76.3 Å². The normalized spacial score (nSPS) is 12.9. The molecule has 6 nitrogen and oxygen atoms in total. The van der Waals surface area contributed by atoms with Gasteiger partial charge in [0.25, 0.3) is 0 Å². The number of ether oxygens (including phenoxy) is 1. The van der Waals surface area contributed by atoms with Gasteiger partial charge in [0.05, 0.1) is 11.4 Å². The molecule has 4 rings (SSSR count). The first-order chi connectivity index (χ1) is 19.0. The second-order valence-electron chi connectivity index (χ2n) is 9.97. The van der Waals surface area contributed by atoms with Crippen LogP contribution in [0, 0.1) is 11.3 Å². The molecule has 9 heteroatoms. The number of aromatic nitrogens is 2. The number of hydrogen-bond donors (Lipinski definition) is 2. The van der Waals surface area contributed by atoms with E-state index in [4.69, 9.17) is 20.4 Å². The summed E-state index contributed by atoms with van der Waals surface area (Å²) in [5.41, 5.74) is 5.77. The van der Waals surface area contributed by atoms with E-state index in [1.807, 2.05) is 44.2 Å². The fourth-order valence-corrected chi connectivity index (χ4v) is 3.86. The lowest BCUT2D eigenvalue weighted by atomic mass is 10.0. The van der Waals surface area contributed by atoms with E-state index in [0.717, 1.165) is 54.2 Å². The first-order valence-electron chi connectivity index (χ1n) is 13.5. The van der Waals surface area contributed by atoms with Crippen molar-refractivity contribution in [3.05, 3.63) is 77.7 Å². The second-order valence-corrected chi connectivity index (χ2v) is 9.97. The van der Waals surface area contributed by atoms with Crippen LogP contribution in [0.3, 0.4) is 0 Å². The summed E-state index contributed by atoms with van der Waals surface area (Å²) in [6.07, 6.45) is -0.146. The Morgan fingerprint density at radius 2 is 1.75 bits per heavy atom. The molecule has 4 aromatic rings. The van der Waals surface area contributed by atoms with Gasteiger partial charge in [0.2, 0.25) is 11.7 Å². The molecule has 0 aliphatic rings.